The lowest BCUT2D eigenvalue weighted by atomic mass is 10.1. The second-order valence-corrected chi connectivity index (χ2v) is 3.92. The highest BCUT2D eigenvalue weighted by Crippen LogP contribution is 2.09. The minimum atomic E-state index is -0.245. The van der Waals surface area contributed by atoms with Crippen LogP contribution in [0.2, 0.25) is 0 Å². The molecule has 3 N–H and O–H groups in total. The van der Waals surface area contributed by atoms with Crippen LogP contribution in [0.1, 0.15) is 12.8 Å². The van der Waals surface area contributed by atoms with E-state index in [4.69, 9.17) is 10.5 Å². The van der Waals surface area contributed by atoms with E-state index >= 15 is 0 Å². The number of carbonyl (C=O) groups excluding carboxylic acids is 2. The topological polar surface area (TPSA) is 84.7 Å². The van der Waals surface area contributed by atoms with Gasteiger partial charge in [-0.2, -0.15) is 0 Å². The van der Waals surface area contributed by atoms with Gasteiger partial charge in [-0.25, -0.2) is 0 Å². The summed E-state index contributed by atoms with van der Waals surface area (Å²) in [6, 6.07) is 0.0866. The Morgan fingerprint density at radius 2 is 2.06 bits per heavy atom. The van der Waals surface area contributed by atoms with Gasteiger partial charge in [0.25, 0.3) is 0 Å². The summed E-state index contributed by atoms with van der Waals surface area (Å²) in [5, 5.41) is 2.28. The van der Waals surface area contributed by atoms with Crippen LogP contribution >= 0.6 is 0 Å². The molecule has 0 aliphatic carbocycles. The van der Waals surface area contributed by atoms with Crippen molar-refractivity contribution in [2.24, 2.45) is 5.73 Å². The molecule has 92 valence electrons. The summed E-state index contributed by atoms with van der Waals surface area (Å²) in [4.78, 5) is 24.3. The van der Waals surface area contributed by atoms with E-state index in [0.717, 1.165) is 12.8 Å². The number of amides is 2. The first-order valence-corrected chi connectivity index (χ1v) is 5.43. The lowest BCUT2D eigenvalue weighted by molar-refractivity contribution is -0.137. The van der Waals surface area contributed by atoms with Crippen molar-refractivity contribution in [1.29, 1.82) is 0 Å². The maximum atomic E-state index is 11.2. The van der Waals surface area contributed by atoms with Crippen LogP contribution in [0.5, 0.6) is 0 Å². The minimum Gasteiger partial charge on any atom is -0.383 e. The Labute approximate surface area is 95.1 Å². The lowest BCUT2D eigenvalue weighted by Gasteiger charge is -2.32. The predicted molar refractivity (Wildman–Crippen MR) is 58.7 cm³/mol. The first-order valence-electron chi connectivity index (χ1n) is 5.43. The number of hydrogen-bond acceptors (Lipinski definition) is 5. The Morgan fingerprint density at radius 3 is 2.56 bits per heavy atom. The fourth-order valence-corrected chi connectivity index (χ4v) is 1.83. The number of hydrogen-bond donors (Lipinski definition) is 2. The van der Waals surface area contributed by atoms with E-state index < -0.39 is 0 Å². The SMILES string of the molecule is COCC(CCCN)N1CC(=O)NC(=O)C1. The van der Waals surface area contributed by atoms with Crippen LogP contribution in [0.3, 0.4) is 0 Å². The molecule has 0 spiro atoms. The molecule has 0 saturated carbocycles. The number of nitrogens with zero attached hydrogens (tertiary/aromatic N) is 1. The summed E-state index contributed by atoms with van der Waals surface area (Å²) in [6.07, 6.45) is 1.70. The van der Waals surface area contributed by atoms with Crippen LogP contribution < -0.4 is 11.1 Å². The molecule has 1 atom stereocenters. The summed E-state index contributed by atoms with van der Waals surface area (Å²) >= 11 is 0. The summed E-state index contributed by atoms with van der Waals surface area (Å²) < 4.78 is 5.10. The minimum absolute atomic E-state index is 0.0866. The molecule has 1 unspecified atom stereocenters. The highest BCUT2D eigenvalue weighted by Gasteiger charge is 2.27. The second-order valence-electron chi connectivity index (χ2n) is 3.92. The molecule has 16 heavy (non-hydrogen) atoms. The Bertz CT molecular complexity index is 242. The molecule has 1 fully saturated rings. The lowest BCUT2D eigenvalue weighted by Crippen LogP contribution is -2.55. The molecule has 1 heterocycles. The van der Waals surface area contributed by atoms with E-state index in [2.05, 4.69) is 5.32 Å². The first kappa shape index (κ1) is 13.1. The molecule has 1 aliphatic rings. The van der Waals surface area contributed by atoms with Crippen LogP contribution in [0.4, 0.5) is 0 Å². The molecule has 6 heteroatoms. The van der Waals surface area contributed by atoms with Gasteiger partial charge in [-0.15, -0.1) is 0 Å². The van der Waals surface area contributed by atoms with E-state index in [0.29, 0.717) is 13.2 Å². The molecular formula is C10H19N3O3. The number of ether oxygens (including phenoxy) is 1. The molecule has 0 aromatic carbocycles. The Morgan fingerprint density at radius 1 is 1.44 bits per heavy atom. The average molecular weight is 229 g/mol. The van der Waals surface area contributed by atoms with Crippen molar-refractivity contribution >= 4 is 11.8 Å². The molecule has 0 aromatic heterocycles. The molecule has 0 aromatic rings. The second kappa shape index (κ2) is 6.57. The normalized spacial score (nSPS) is 19.6. The standard InChI is InChI=1S/C10H19N3O3/c1-16-7-8(3-2-4-11)13-5-9(14)12-10(15)6-13/h8H,2-7,11H2,1H3,(H,12,14,15). The fraction of sp³-hybridized carbons (Fsp3) is 0.800. The Balaban J connectivity index is 2.54. The van der Waals surface area contributed by atoms with Gasteiger partial charge in [0.2, 0.25) is 11.8 Å². The average Bonchev–Trinajstić information content (AvgIpc) is 2.22. The van der Waals surface area contributed by atoms with Gasteiger partial charge in [0.15, 0.2) is 0 Å². The fourth-order valence-electron chi connectivity index (χ4n) is 1.83. The number of piperazine rings is 1. The Hall–Kier alpha value is -0.980. The van der Waals surface area contributed by atoms with E-state index in [1.807, 2.05) is 4.90 Å². The molecule has 1 aliphatic heterocycles. The van der Waals surface area contributed by atoms with Crippen LogP contribution in [0.25, 0.3) is 0 Å². The van der Waals surface area contributed by atoms with Crippen molar-refractivity contribution in [3.63, 3.8) is 0 Å². The largest absolute Gasteiger partial charge is 0.383 e. The van der Waals surface area contributed by atoms with E-state index in [-0.39, 0.29) is 30.9 Å². The quantitative estimate of drug-likeness (QED) is 0.553. The number of nitrogens with one attached hydrogen (secondary N) is 1. The number of rotatable bonds is 6. The molecule has 0 bridgehead atoms. The van der Waals surface area contributed by atoms with Gasteiger partial charge in [-0.3, -0.25) is 19.8 Å². The highest BCUT2D eigenvalue weighted by molar-refractivity contribution is 5.99. The molecular weight excluding hydrogens is 210 g/mol. The number of imide groups is 1. The maximum absolute atomic E-state index is 11.2. The van der Waals surface area contributed by atoms with Crippen LogP contribution in [-0.4, -0.2) is 56.1 Å². The van der Waals surface area contributed by atoms with Crippen molar-refractivity contribution in [2.75, 3.05) is 33.4 Å². The molecule has 0 radical (unpaired) electrons. The van der Waals surface area contributed by atoms with E-state index in [1.165, 1.54) is 0 Å². The van der Waals surface area contributed by atoms with Crippen LogP contribution in [0, 0.1) is 0 Å². The number of methoxy groups -OCH3 is 1. The monoisotopic (exact) mass is 229 g/mol. The van der Waals surface area contributed by atoms with Gasteiger partial charge in [-0.1, -0.05) is 0 Å². The molecule has 1 saturated heterocycles. The highest BCUT2D eigenvalue weighted by atomic mass is 16.5. The molecule has 6 nitrogen and oxygen atoms in total. The zero-order valence-electron chi connectivity index (χ0n) is 9.57. The van der Waals surface area contributed by atoms with E-state index in [9.17, 15) is 9.59 Å². The summed E-state index contributed by atoms with van der Waals surface area (Å²) in [6.45, 7) is 1.63. The summed E-state index contributed by atoms with van der Waals surface area (Å²) in [5.74, 6) is -0.491. The van der Waals surface area contributed by atoms with Gasteiger partial charge < -0.3 is 10.5 Å². The predicted octanol–water partition coefficient (Wildman–Crippen LogP) is -1.30. The van der Waals surface area contributed by atoms with Gasteiger partial charge in [0, 0.05) is 13.2 Å². The summed E-state index contributed by atoms with van der Waals surface area (Å²) in [5.41, 5.74) is 5.45. The van der Waals surface area contributed by atoms with Crippen molar-refractivity contribution in [3.05, 3.63) is 0 Å². The molecule has 2 amide bonds. The third-order valence-electron chi connectivity index (χ3n) is 2.59. The van der Waals surface area contributed by atoms with Crippen molar-refractivity contribution in [2.45, 2.75) is 18.9 Å². The smallest absolute Gasteiger partial charge is 0.240 e. The zero-order chi connectivity index (χ0) is 12.0. The third kappa shape index (κ3) is 3.88. The van der Waals surface area contributed by atoms with Gasteiger partial charge in [0.1, 0.15) is 0 Å². The van der Waals surface area contributed by atoms with Crippen molar-refractivity contribution in [1.82, 2.24) is 10.2 Å². The number of nitrogens with two attached hydrogens (primary N) is 1. The zero-order valence-corrected chi connectivity index (χ0v) is 9.57. The van der Waals surface area contributed by atoms with Gasteiger partial charge in [0.05, 0.1) is 19.7 Å². The van der Waals surface area contributed by atoms with Gasteiger partial charge >= 0.3 is 0 Å². The first-order chi connectivity index (χ1) is 7.67. The maximum Gasteiger partial charge on any atom is 0.240 e. The van der Waals surface area contributed by atoms with Crippen LogP contribution in [-0.2, 0) is 14.3 Å². The van der Waals surface area contributed by atoms with Crippen molar-refractivity contribution < 1.29 is 14.3 Å². The third-order valence-corrected chi connectivity index (χ3v) is 2.59. The molecule has 1 rings (SSSR count). The van der Waals surface area contributed by atoms with E-state index in [1.54, 1.807) is 7.11 Å². The van der Waals surface area contributed by atoms with Crippen molar-refractivity contribution in [3.8, 4) is 0 Å². The Kier molecular flexibility index (Phi) is 5.37. The van der Waals surface area contributed by atoms with Crippen LogP contribution in [0.15, 0.2) is 0 Å². The number of carbonyl (C=O) groups is 2. The summed E-state index contributed by atoms with van der Waals surface area (Å²) in [7, 11) is 1.61. The van der Waals surface area contributed by atoms with Gasteiger partial charge in [-0.05, 0) is 19.4 Å².